The van der Waals surface area contributed by atoms with E-state index in [9.17, 15) is 9.90 Å². The molecule has 1 aliphatic heterocycles. The average Bonchev–Trinajstić information content (AvgIpc) is 3.31. The molecule has 4 aromatic rings. The number of pyridine rings is 1. The second-order valence-corrected chi connectivity index (χ2v) is 10.6. The number of ether oxygens (including phenoxy) is 1. The number of nitrogens with one attached hydrogen (secondary N) is 1. The first-order valence-corrected chi connectivity index (χ1v) is 12.4. The highest BCUT2D eigenvalue weighted by atomic mass is 16.5. The van der Waals surface area contributed by atoms with Crippen LogP contribution in [0, 0.1) is 5.41 Å². The SMILES string of the molecule is CC(C)(C)C1C(c2cnc3nc(-c4ccc(COc5ccccc5)cc4)[nH]c3c2)CCCN1C(=O)O. The maximum atomic E-state index is 12.0. The zero-order valence-electron chi connectivity index (χ0n) is 20.9. The Hall–Kier alpha value is -3.87. The lowest BCUT2D eigenvalue weighted by Gasteiger charge is -2.47. The Morgan fingerprint density at radius 2 is 1.89 bits per heavy atom. The molecule has 7 nitrogen and oxygen atoms in total. The van der Waals surface area contributed by atoms with E-state index in [4.69, 9.17) is 9.72 Å². The Balaban J connectivity index is 1.37. The molecule has 2 aromatic carbocycles. The molecule has 2 atom stereocenters. The van der Waals surface area contributed by atoms with Crippen LogP contribution in [-0.2, 0) is 6.61 Å². The van der Waals surface area contributed by atoms with Gasteiger partial charge in [0.05, 0.1) is 5.52 Å². The molecule has 7 heteroatoms. The zero-order chi connectivity index (χ0) is 25.3. The van der Waals surface area contributed by atoms with Gasteiger partial charge in [-0.3, -0.25) is 0 Å². The maximum Gasteiger partial charge on any atom is 0.407 e. The summed E-state index contributed by atoms with van der Waals surface area (Å²) >= 11 is 0. The lowest BCUT2D eigenvalue weighted by Crippen LogP contribution is -2.53. The highest BCUT2D eigenvalue weighted by molar-refractivity contribution is 5.76. The number of aromatic nitrogens is 3. The summed E-state index contributed by atoms with van der Waals surface area (Å²) in [5.74, 6) is 1.69. The molecule has 0 saturated carbocycles. The van der Waals surface area contributed by atoms with E-state index in [1.165, 1.54) is 0 Å². The van der Waals surface area contributed by atoms with Gasteiger partial charge in [0.25, 0.3) is 0 Å². The lowest BCUT2D eigenvalue weighted by atomic mass is 9.72. The van der Waals surface area contributed by atoms with Crippen molar-refractivity contribution in [2.24, 2.45) is 5.41 Å². The molecule has 2 N–H and O–H groups in total. The van der Waals surface area contributed by atoms with Gasteiger partial charge in [0.15, 0.2) is 5.65 Å². The van der Waals surface area contributed by atoms with Crippen LogP contribution in [-0.4, -0.2) is 43.6 Å². The number of para-hydroxylation sites is 1. The standard InChI is InChI=1S/C29H32N4O3/c1-29(2,3)25-23(10-7-15-33(25)28(34)35)21-16-24-27(30-17-21)32-26(31-24)20-13-11-19(12-14-20)18-36-22-8-5-4-6-9-22/h4-6,8-9,11-14,16-17,23,25H,7,10,15,18H2,1-3H3,(H,34,35)(H,30,31,32). The normalized spacial score (nSPS) is 18.4. The Bertz CT molecular complexity index is 1340. The summed E-state index contributed by atoms with van der Waals surface area (Å²) in [5.41, 5.74) is 4.43. The first-order valence-electron chi connectivity index (χ1n) is 12.4. The van der Waals surface area contributed by atoms with E-state index in [-0.39, 0.29) is 17.4 Å². The molecule has 0 aliphatic carbocycles. The molecule has 0 spiro atoms. The number of piperidine rings is 1. The number of fused-ring (bicyclic) bond motifs is 1. The van der Waals surface area contributed by atoms with Crippen molar-refractivity contribution >= 4 is 17.3 Å². The summed E-state index contributed by atoms with van der Waals surface area (Å²) in [7, 11) is 0. The van der Waals surface area contributed by atoms with Crippen LogP contribution < -0.4 is 4.74 Å². The Kier molecular flexibility index (Phi) is 6.39. The first kappa shape index (κ1) is 23.9. The van der Waals surface area contributed by atoms with Gasteiger partial charge in [-0.25, -0.2) is 14.8 Å². The number of aromatic amines is 1. The van der Waals surface area contributed by atoms with Gasteiger partial charge in [0, 0.05) is 30.3 Å². The number of carbonyl (C=O) groups is 1. The van der Waals surface area contributed by atoms with Gasteiger partial charge in [0.1, 0.15) is 18.2 Å². The summed E-state index contributed by atoms with van der Waals surface area (Å²) in [6, 6.07) is 19.9. The molecule has 0 bridgehead atoms. The number of hydrogen-bond acceptors (Lipinski definition) is 4. The van der Waals surface area contributed by atoms with Crippen molar-refractivity contribution in [2.75, 3.05) is 6.54 Å². The molecule has 36 heavy (non-hydrogen) atoms. The van der Waals surface area contributed by atoms with Crippen LogP contribution in [0.5, 0.6) is 5.75 Å². The number of H-pyrrole nitrogens is 1. The Morgan fingerprint density at radius 1 is 1.14 bits per heavy atom. The number of hydrogen-bond donors (Lipinski definition) is 2. The third-order valence-electron chi connectivity index (χ3n) is 6.93. The second-order valence-electron chi connectivity index (χ2n) is 10.6. The van der Waals surface area contributed by atoms with E-state index >= 15 is 0 Å². The molecule has 0 radical (unpaired) electrons. The van der Waals surface area contributed by atoms with Crippen LogP contribution in [0.15, 0.2) is 66.9 Å². The van der Waals surface area contributed by atoms with E-state index in [1.807, 2.05) is 60.8 Å². The summed E-state index contributed by atoms with van der Waals surface area (Å²) < 4.78 is 5.84. The molecule has 2 unspecified atom stereocenters. The minimum Gasteiger partial charge on any atom is -0.489 e. The largest absolute Gasteiger partial charge is 0.489 e. The van der Waals surface area contributed by atoms with Gasteiger partial charge >= 0.3 is 6.09 Å². The smallest absolute Gasteiger partial charge is 0.407 e. The molecular weight excluding hydrogens is 452 g/mol. The van der Waals surface area contributed by atoms with Crippen LogP contribution in [0.4, 0.5) is 4.79 Å². The quantitative estimate of drug-likeness (QED) is 0.338. The van der Waals surface area contributed by atoms with Crippen molar-refractivity contribution < 1.29 is 14.6 Å². The van der Waals surface area contributed by atoms with E-state index < -0.39 is 6.09 Å². The molecule has 1 amide bonds. The molecule has 1 fully saturated rings. The lowest BCUT2D eigenvalue weighted by molar-refractivity contribution is 0.0456. The van der Waals surface area contributed by atoms with E-state index in [0.29, 0.717) is 18.8 Å². The highest BCUT2D eigenvalue weighted by Gasteiger charge is 2.42. The van der Waals surface area contributed by atoms with Gasteiger partial charge in [-0.05, 0) is 47.6 Å². The third-order valence-corrected chi connectivity index (χ3v) is 6.93. The molecule has 3 heterocycles. The van der Waals surface area contributed by atoms with E-state index in [2.05, 4.69) is 36.8 Å². The van der Waals surface area contributed by atoms with Crippen molar-refractivity contribution in [3.63, 3.8) is 0 Å². The van der Waals surface area contributed by atoms with Crippen molar-refractivity contribution in [2.45, 2.75) is 52.2 Å². The fourth-order valence-corrected chi connectivity index (χ4v) is 5.33. The van der Waals surface area contributed by atoms with Crippen LogP contribution in [0.1, 0.15) is 50.7 Å². The second kappa shape index (κ2) is 9.64. The number of nitrogens with zero attached hydrogens (tertiary/aromatic N) is 3. The summed E-state index contributed by atoms with van der Waals surface area (Å²) in [6.45, 7) is 7.41. The monoisotopic (exact) mass is 484 g/mol. The number of amides is 1. The van der Waals surface area contributed by atoms with Crippen molar-refractivity contribution in [3.05, 3.63) is 78.0 Å². The minimum atomic E-state index is -0.852. The minimum absolute atomic E-state index is 0.0856. The third kappa shape index (κ3) is 4.91. The first-order chi connectivity index (χ1) is 17.3. The van der Waals surface area contributed by atoms with Crippen molar-refractivity contribution in [3.8, 4) is 17.1 Å². The summed E-state index contributed by atoms with van der Waals surface area (Å²) in [4.78, 5) is 26.4. The summed E-state index contributed by atoms with van der Waals surface area (Å²) in [5, 5.41) is 9.84. The topological polar surface area (TPSA) is 91.3 Å². The van der Waals surface area contributed by atoms with Crippen LogP contribution in [0.2, 0.25) is 0 Å². The van der Waals surface area contributed by atoms with Crippen LogP contribution >= 0.6 is 0 Å². The van der Waals surface area contributed by atoms with Gasteiger partial charge in [-0.15, -0.1) is 0 Å². The number of rotatable bonds is 5. The van der Waals surface area contributed by atoms with Gasteiger partial charge in [-0.1, -0.05) is 63.2 Å². The Labute approximate surface area is 211 Å². The molecule has 5 rings (SSSR count). The summed E-state index contributed by atoms with van der Waals surface area (Å²) in [6.07, 6.45) is 2.80. The molecular formula is C29H32N4O3. The Morgan fingerprint density at radius 3 is 2.58 bits per heavy atom. The molecule has 2 aromatic heterocycles. The van der Waals surface area contributed by atoms with Crippen LogP contribution in [0.25, 0.3) is 22.6 Å². The van der Waals surface area contributed by atoms with E-state index in [0.717, 1.165) is 46.6 Å². The number of imidazole rings is 1. The molecule has 186 valence electrons. The number of carboxylic acid groups (broad SMARTS) is 1. The predicted octanol–water partition coefficient (Wildman–Crippen LogP) is 6.48. The fourth-order valence-electron chi connectivity index (χ4n) is 5.33. The number of benzene rings is 2. The van der Waals surface area contributed by atoms with Crippen molar-refractivity contribution in [1.29, 1.82) is 0 Å². The van der Waals surface area contributed by atoms with Crippen LogP contribution in [0.3, 0.4) is 0 Å². The van der Waals surface area contributed by atoms with Gasteiger partial charge < -0.3 is 19.7 Å². The maximum absolute atomic E-state index is 12.0. The predicted molar refractivity (Wildman–Crippen MR) is 140 cm³/mol. The molecule has 1 saturated heterocycles. The fraction of sp³-hybridized carbons (Fsp3) is 0.345. The molecule has 1 aliphatic rings. The van der Waals surface area contributed by atoms with E-state index in [1.54, 1.807) is 4.90 Å². The highest BCUT2D eigenvalue weighted by Crippen LogP contribution is 2.42. The zero-order valence-corrected chi connectivity index (χ0v) is 20.9. The number of likely N-dealkylation sites (tertiary alicyclic amines) is 1. The van der Waals surface area contributed by atoms with Crippen molar-refractivity contribution in [1.82, 2.24) is 19.9 Å². The average molecular weight is 485 g/mol. The van der Waals surface area contributed by atoms with Gasteiger partial charge in [-0.2, -0.15) is 0 Å². The van der Waals surface area contributed by atoms with Gasteiger partial charge in [0.2, 0.25) is 0 Å².